The summed E-state index contributed by atoms with van der Waals surface area (Å²) in [6.45, 7) is 7.83. The van der Waals surface area contributed by atoms with Gasteiger partial charge in [0.05, 0.1) is 4.90 Å². The lowest BCUT2D eigenvalue weighted by Crippen LogP contribution is -2.18. The van der Waals surface area contributed by atoms with Gasteiger partial charge in [-0.15, -0.1) is 0 Å². The molecule has 4 rings (SSSR count). The molecule has 1 aliphatic carbocycles. The van der Waals surface area contributed by atoms with Crippen molar-refractivity contribution in [3.63, 3.8) is 0 Å². The van der Waals surface area contributed by atoms with Crippen molar-refractivity contribution in [2.45, 2.75) is 81.4 Å². The zero-order valence-corrected chi connectivity index (χ0v) is 22.1. The summed E-state index contributed by atoms with van der Waals surface area (Å²) in [6.07, 6.45) is 3.20. The molecule has 35 heavy (non-hydrogen) atoms. The lowest BCUT2D eigenvalue weighted by atomic mass is 9.90. The van der Waals surface area contributed by atoms with E-state index in [4.69, 9.17) is 4.18 Å². The van der Waals surface area contributed by atoms with Crippen LogP contribution in [0, 0.1) is 0 Å². The molecule has 0 atom stereocenters. The fourth-order valence-electron chi connectivity index (χ4n) is 5.11. The largest absolute Gasteiger partial charge is 0.744 e. The van der Waals surface area contributed by atoms with Crippen molar-refractivity contribution in [1.29, 1.82) is 0 Å². The summed E-state index contributed by atoms with van der Waals surface area (Å²) in [6, 6.07) is 12.1. The molecule has 0 bridgehead atoms. The second-order valence-corrected chi connectivity index (χ2v) is 12.6. The summed E-state index contributed by atoms with van der Waals surface area (Å²) >= 11 is 0. The summed E-state index contributed by atoms with van der Waals surface area (Å²) in [5, 5.41) is 1.83. The Morgan fingerprint density at radius 1 is 0.829 bits per heavy atom. The smallest absolute Gasteiger partial charge is 0.339 e. The van der Waals surface area contributed by atoms with Crippen molar-refractivity contribution in [2.75, 3.05) is 0 Å². The fraction of sp³-hybridized carbons (Fsp3) is 0.407. The van der Waals surface area contributed by atoms with E-state index < -0.39 is 20.2 Å². The second kappa shape index (κ2) is 9.56. The minimum Gasteiger partial charge on any atom is -0.744 e. The summed E-state index contributed by atoms with van der Waals surface area (Å²) in [4.78, 5) is -0.111. The molecule has 0 radical (unpaired) electrons. The zero-order chi connectivity index (χ0) is 25.5. The van der Waals surface area contributed by atoms with E-state index in [1.807, 2.05) is 58.0 Å². The van der Waals surface area contributed by atoms with Crippen LogP contribution >= 0.6 is 0 Å². The monoisotopic (exact) mass is 515 g/mol. The van der Waals surface area contributed by atoms with Crippen LogP contribution in [0.2, 0.25) is 0 Å². The van der Waals surface area contributed by atoms with Gasteiger partial charge in [0.2, 0.25) is 0 Å². The van der Waals surface area contributed by atoms with E-state index in [9.17, 15) is 21.4 Å². The van der Waals surface area contributed by atoms with Crippen LogP contribution in [0.3, 0.4) is 0 Å². The van der Waals surface area contributed by atoms with E-state index in [1.165, 1.54) is 12.1 Å². The van der Waals surface area contributed by atoms with Gasteiger partial charge in [0, 0.05) is 5.56 Å². The van der Waals surface area contributed by atoms with Gasteiger partial charge in [0.1, 0.15) is 20.8 Å². The third-order valence-corrected chi connectivity index (χ3v) is 8.96. The molecule has 0 aliphatic heterocycles. The topological polar surface area (TPSA) is 101 Å². The standard InChI is InChI=1S/C27H32O6S2/c1-17(2)23-16-19-10-8-9-11-20(19)26(18(3)4)27(23)35(31,32)33-24-14-15-25(34(28,29)30)22-13-7-5-6-12-21(22)24/h8-11,14-18H,5-7,12-13H2,1-4H3,(H,28,29,30)/p-1. The predicted octanol–water partition coefficient (Wildman–Crippen LogP) is 6.03. The minimum absolute atomic E-state index is 0.0735. The Bertz CT molecular complexity index is 1490. The molecule has 188 valence electrons. The van der Waals surface area contributed by atoms with Crippen molar-refractivity contribution in [3.8, 4) is 5.75 Å². The second-order valence-electron chi connectivity index (χ2n) is 9.81. The lowest BCUT2D eigenvalue weighted by Gasteiger charge is -2.23. The molecule has 0 N–H and O–H groups in total. The van der Waals surface area contributed by atoms with Crippen LogP contribution < -0.4 is 4.18 Å². The normalized spacial score (nSPS) is 14.8. The van der Waals surface area contributed by atoms with Gasteiger partial charge in [-0.05, 0) is 83.2 Å². The Morgan fingerprint density at radius 2 is 1.49 bits per heavy atom. The van der Waals surface area contributed by atoms with Crippen LogP contribution in [0.5, 0.6) is 5.75 Å². The number of fused-ring (bicyclic) bond motifs is 2. The average molecular weight is 516 g/mol. The van der Waals surface area contributed by atoms with Crippen LogP contribution in [0.4, 0.5) is 0 Å². The Morgan fingerprint density at radius 3 is 2.11 bits per heavy atom. The van der Waals surface area contributed by atoms with E-state index >= 15 is 0 Å². The molecule has 1 aliphatic rings. The molecule has 8 heteroatoms. The molecule has 0 fully saturated rings. The predicted molar refractivity (Wildman–Crippen MR) is 136 cm³/mol. The molecular weight excluding hydrogens is 484 g/mol. The molecule has 0 spiro atoms. The summed E-state index contributed by atoms with van der Waals surface area (Å²) < 4.78 is 69.4. The Balaban J connectivity index is 1.95. The fourth-order valence-corrected chi connectivity index (χ4v) is 7.55. The van der Waals surface area contributed by atoms with Crippen LogP contribution in [0.1, 0.15) is 81.0 Å². The van der Waals surface area contributed by atoms with Crippen LogP contribution in [0.25, 0.3) is 10.8 Å². The molecule has 3 aromatic carbocycles. The SMILES string of the molecule is CC(C)c1cc2ccccc2c(C(C)C)c1S(=O)(=O)Oc1ccc(S(=O)(=O)[O-])c2c1CCCCC2. The maximum absolute atomic E-state index is 13.9. The Hall–Kier alpha value is -2.42. The molecule has 6 nitrogen and oxygen atoms in total. The van der Waals surface area contributed by atoms with E-state index in [1.54, 1.807) is 0 Å². The van der Waals surface area contributed by atoms with Gasteiger partial charge in [0.15, 0.2) is 0 Å². The molecule has 0 heterocycles. The zero-order valence-electron chi connectivity index (χ0n) is 20.5. The molecule has 0 saturated heterocycles. The van der Waals surface area contributed by atoms with Crippen LogP contribution in [-0.2, 0) is 33.1 Å². The average Bonchev–Trinajstić information content (AvgIpc) is 3.03. The number of hydrogen-bond donors (Lipinski definition) is 0. The lowest BCUT2D eigenvalue weighted by molar-refractivity contribution is 0.461. The van der Waals surface area contributed by atoms with Crippen molar-refractivity contribution in [3.05, 3.63) is 64.7 Å². The Kier molecular flexibility index (Phi) is 7.01. The van der Waals surface area contributed by atoms with Gasteiger partial charge in [-0.3, -0.25) is 0 Å². The first kappa shape index (κ1) is 25.7. The van der Waals surface area contributed by atoms with Crippen molar-refractivity contribution in [1.82, 2.24) is 0 Å². The molecule has 0 amide bonds. The van der Waals surface area contributed by atoms with Gasteiger partial charge in [-0.25, -0.2) is 8.42 Å². The highest BCUT2D eigenvalue weighted by atomic mass is 32.2. The van der Waals surface area contributed by atoms with Crippen molar-refractivity contribution in [2.24, 2.45) is 0 Å². The van der Waals surface area contributed by atoms with Crippen molar-refractivity contribution >= 4 is 31.0 Å². The molecule has 0 saturated carbocycles. The first-order valence-electron chi connectivity index (χ1n) is 12.0. The summed E-state index contributed by atoms with van der Waals surface area (Å²) in [5.74, 6) is -0.0560. The van der Waals surface area contributed by atoms with E-state index in [0.29, 0.717) is 35.1 Å². The van der Waals surface area contributed by atoms with Crippen molar-refractivity contribution < 1.29 is 25.6 Å². The van der Waals surface area contributed by atoms with E-state index in [-0.39, 0.29) is 27.4 Å². The first-order valence-corrected chi connectivity index (χ1v) is 14.8. The molecule has 0 unspecified atom stereocenters. The number of rotatable bonds is 6. The third-order valence-electron chi connectivity index (χ3n) is 6.69. The van der Waals surface area contributed by atoms with Gasteiger partial charge in [-0.1, -0.05) is 58.4 Å². The van der Waals surface area contributed by atoms with Gasteiger partial charge >= 0.3 is 10.1 Å². The third kappa shape index (κ3) is 4.97. The number of benzene rings is 3. The Labute approximate surface area is 208 Å². The van der Waals surface area contributed by atoms with E-state index in [0.717, 1.165) is 30.0 Å². The molecular formula is C27H31O6S2-. The highest BCUT2D eigenvalue weighted by Crippen LogP contribution is 2.40. The van der Waals surface area contributed by atoms with Crippen LogP contribution in [-0.4, -0.2) is 21.4 Å². The summed E-state index contributed by atoms with van der Waals surface area (Å²) in [5.41, 5.74) is 2.27. The maximum Gasteiger partial charge on any atom is 0.339 e. The van der Waals surface area contributed by atoms with Crippen LogP contribution in [0.15, 0.2) is 52.3 Å². The van der Waals surface area contributed by atoms with Gasteiger partial charge in [-0.2, -0.15) is 8.42 Å². The molecule has 0 aromatic heterocycles. The van der Waals surface area contributed by atoms with E-state index in [2.05, 4.69) is 0 Å². The quantitative estimate of drug-likeness (QED) is 0.226. The van der Waals surface area contributed by atoms with Gasteiger partial charge < -0.3 is 8.74 Å². The molecule has 3 aromatic rings. The first-order chi connectivity index (χ1) is 16.4. The highest BCUT2D eigenvalue weighted by molar-refractivity contribution is 7.87. The highest BCUT2D eigenvalue weighted by Gasteiger charge is 2.31. The summed E-state index contributed by atoms with van der Waals surface area (Å²) in [7, 11) is -8.97. The number of hydrogen-bond acceptors (Lipinski definition) is 6. The minimum atomic E-state index is -4.69. The van der Waals surface area contributed by atoms with Gasteiger partial charge in [0.25, 0.3) is 0 Å². The maximum atomic E-state index is 13.9.